The van der Waals surface area contributed by atoms with Crippen molar-refractivity contribution in [3.8, 4) is 0 Å². The Hall–Kier alpha value is -3.00. The van der Waals surface area contributed by atoms with Crippen LogP contribution in [0.5, 0.6) is 0 Å². The number of hydrogen-bond donors (Lipinski definition) is 1. The number of aryl methyl sites for hydroxylation is 2. The molecule has 8 nitrogen and oxygen atoms in total. The minimum atomic E-state index is -0.223. The van der Waals surface area contributed by atoms with Crippen molar-refractivity contribution in [1.82, 2.24) is 24.5 Å². The molecule has 3 heterocycles. The monoisotopic (exact) mass is 353 g/mol. The second-order valence-corrected chi connectivity index (χ2v) is 6.41. The molecule has 0 saturated heterocycles. The Morgan fingerprint density at radius 3 is 2.73 bits per heavy atom. The number of benzene rings is 1. The molecule has 2 aromatic heterocycles. The quantitative estimate of drug-likeness (QED) is 0.731. The summed E-state index contributed by atoms with van der Waals surface area (Å²) in [5.41, 5.74) is 1.53. The predicted molar refractivity (Wildman–Crippen MR) is 94.5 cm³/mol. The first kappa shape index (κ1) is 16.5. The van der Waals surface area contributed by atoms with E-state index in [-0.39, 0.29) is 23.8 Å². The fraction of sp³-hybridized carbons (Fsp3) is 0.333. The van der Waals surface area contributed by atoms with Crippen molar-refractivity contribution >= 4 is 16.7 Å². The van der Waals surface area contributed by atoms with E-state index >= 15 is 0 Å². The van der Waals surface area contributed by atoms with Crippen LogP contribution in [0, 0.1) is 0 Å². The Balaban J connectivity index is 1.75. The summed E-state index contributed by atoms with van der Waals surface area (Å²) >= 11 is 0. The first-order valence-corrected chi connectivity index (χ1v) is 8.50. The lowest BCUT2D eigenvalue weighted by atomic mass is 10.1. The van der Waals surface area contributed by atoms with Crippen LogP contribution in [-0.4, -0.2) is 42.0 Å². The van der Waals surface area contributed by atoms with E-state index in [1.54, 1.807) is 36.2 Å². The number of aromatic nitrogens is 4. The highest BCUT2D eigenvalue weighted by Crippen LogP contribution is 2.19. The first-order valence-electron chi connectivity index (χ1n) is 8.50. The van der Waals surface area contributed by atoms with Crippen LogP contribution >= 0.6 is 0 Å². The zero-order valence-electron chi connectivity index (χ0n) is 14.4. The number of carbonyl (C=O) groups excluding carboxylic acids is 1. The number of amides is 1. The van der Waals surface area contributed by atoms with Gasteiger partial charge in [0.1, 0.15) is 0 Å². The van der Waals surface area contributed by atoms with Gasteiger partial charge in [0.25, 0.3) is 11.5 Å². The molecule has 0 aliphatic carbocycles. The van der Waals surface area contributed by atoms with Crippen molar-refractivity contribution in [3.63, 3.8) is 0 Å². The fourth-order valence-corrected chi connectivity index (χ4v) is 3.38. The van der Waals surface area contributed by atoms with Crippen LogP contribution in [0.2, 0.25) is 0 Å². The zero-order valence-corrected chi connectivity index (χ0v) is 14.4. The molecule has 0 unspecified atom stereocenters. The molecule has 0 radical (unpaired) electrons. The molecule has 8 heteroatoms. The Morgan fingerprint density at radius 1 is 1.19 bits per heavy atom. The molecule has 1 aliphatic heterocycles. The third kappa shape index (κ3) is 2.68. The van der Waals surface area contributed by atoms with Gasteiger partial charge in [0.2, 0.25) is 0 Å². The number of aliphatic hydroxyl groups is 1. The Labute approximate surface area is 149 Å². The Kier molecular flexibility index (Phi) is 4.04. The van der Waals surface area contributed by atoms with E-state index in [0.29, 0.717) is 36.1 Å². The van der Waals surface area contributed by atoms with E-state index < -0.39 is 0 Å². The lowest BCUT2D eigenvalue weighted by molar-refractivity contribution is 0.0739. The van der Waals surface area contributed by atoms with Crippen molar-refractivity contribution in [2.45, 2.75) is 26.1 Å². The number of hydrogen-bond acceptors (Lipinski definition) is 5. The van der Waals surface area contributed by atoms with Gasteiger partial charge >= 0.3 is 0 Å². The normalized spacial score (nSPS) is 14.3. The van der Waals surface area contributed by atoms with Crippen LogP contribution in [0.4, 0.5) is 0 Å². The summed E-state index contributed by atoms with van der Waals surface area (Å²) < 4.78 is 3.05. The largest absolute Gasteiger partial charge is 0.390 e. The smallest absolute Gasteiger partial charge is 0.275 e. The molecule has 0 spiro atoms. The highest BCUT2D eigenvalue weighted by molar-refractivity contribution is 6.04. The van der Waals surface area contributed by atoms with Crippen molar-refractivity contribution in [2.75, 3.05) is 6.54 Å². The lowest BCUT2D eigenvalue weighted by Crippen LogP contribution is -2.33. The zero-order chi connectivity index (χ0) is 18.3. The molecular weight excluding hydrogens is 334 g/mol. The number of carbonyl (C=O) groups is 1. The summed E-state index contributed by atoms with van der Waals surface area (Å²) in [6, 6.07) is 8.85. The van der Waals surface area contributed by atoms with Gasteiger partial charge in [0.15, 0.2) is 5.69 Å². The van der Waals surface area contributed by atoms with Gasteiger partial charge in [-0.1, -0.05) is 18.2 Å². The number of nitrogens with zero attached hydrogens (tertiary/aromatic N) is 5. The van der Waals surface area contributed by atoms with Crippen LogP contribution in [0.15, 0.2) is 35.1 Å². The van der Waals surface area contributed by atoms with Gasteiger partial charge in [-0.05, 0) is 18.6 Å². The minimum absolute atomic E-state index is 0.124. The summed E-state index contributed by atoms with van der Waals surface area (Å²) in [6.45, 7) is 1.54. The molecule has 3 aromatic rings. The standard InChI is InChI=1S/C18H19N5O3/c1-21-17(25)15-6-3-2-5-14(15)16(20-21)18(26)22-7-4-8-23-13(10-22)9-12(11-24)19-23/h2-3,5-6,9,24H,4,7-8,10-11H2,1H3. The van der Waals surface area contributed by atoms with Gasteiger partial charge in [-0.3, -0.25) is 14.3 Å². The summed E-state index contributed by atoms with van der Waals surface area (Å²) in [5.74, 6) is -0.211. The molecule has 26 heavy (non-hydrogen) atoms. The average molecular weight is 353 g/mol. The van der Waals surface area contributed by atoms with Gasteiger partial charge in [-0.25, -0.2) is 4.68 Å². The van der Waals surface area contributed by atoms with E-state index in [4.69, 9.17) is 0 Å². The van der Waals surface area contributed by atoms with Crippen LogP contribution in [-0.2, 0) is 26.7 Å². The topological polar surface area (TPSA) is 93.2 Å². The molecule has 0 fully saturated rings. The van der Waals surface area contributed by atoms with Crippen molar-refractivity contribution in [2.24, 2.45) is 7.05 Å². The predicted octanol–water partition coefficient (Wildman–Crippen LogP) is 0.668. The summed E-state index contributed by atoms with van der Waals surface area (Å²) in [5, 5.41) is 18.9. The van der Waals surface area contributed by atoms with Crippen LogP contribution in [0.25, 0.3) is 10.8 Å². The SMILES string of the molecule is Cn1nc(C(=O)N2CCCn3nc(CO)cc3C2)c2ccccc2c1=O. The second-order valence-electron chi connectivity index (χ2n) is 6.41. The van der Waals surface area contributed by atoms with Gasteiger partial charge in [0, 0.05) is 25.5 Å². The van der Waals surface area contributed by atoms with Crippen LogP contribution in [0.3, 0.4) is 0 Å². The molecular formula is C18H19N5O3. The maximum atomic E-state index is 13.2. The van der Waals surface area contributed by atoms with E-state index in [1.807, 2.05) is 10.7 Å². The molecule has 4 rings (SSSR count). The summed E-state index contributed by atoms with van der Waals surface area (Å²) in [6.07, 6.45) is 0.759. The van der Waals surface area contributed by atoms with Crippen LogP contribution in [0.1, 0.15) is 28.3 Å². The maximum Gasteiger partial charge on any atom is 0.275 e. The molecule has 0 bridgehead atoms. The first-order chi connectivity index (χ1) is 12.6. The van der Waals surface area contributed by atoms with Crippen LogP contribution < -0.4 is 5.56 Å². The van der Waals surface area contributed by atoms with Gasteiger partial charge in [-0.15, -0.1) is 0 Å². The molecule has 0 saturated carbocycles. The summed E-state index contributed by atoms with van der Waals surface area (Å²) in [7, 11) is 1.55. The second kappa shape index (κ2) is 6.38. The molecule has 1 aliphatic rings. The maximum absolute atomic E-state index is 13.2. The number of aliphatic hydroxyl groups excluding tert-OH is 1. The summed E-state index contributed by atoms with van der Waals surface area (Å²) in [4.78, 5) is 27.2. The van der Waals surface area contributed by atoms with Gasteiger partial charge in [0.05, 0.1) is 29.9 Å². The van der Waals surface area contributed by atoms with Crippen molar-refractivity contribution in [3.05, 3.63) is 57.8 Å². The highest BCUT2D eigenvalue weighted by Gasteiger charge is 2.25. The molecule has 1 aromatic carbocycles. The minimum Gasteiger partial charge on any atom is -0.390 e. The van der Waals surface area contributed by atoms with E-state index in [1.165, 1.54) is 4.68 Å². The Morgan fingerprint density at radius 2 is 1.96 bits per heavy atom. The van der Waals surface area contributed by atoms with E-state index in [0.717, 1.165) is 12.1 Å². The van der Waals surface area contributed by atoms with Crippen molar-refractivity contribution in [1.29, 1.82) is 0 Å². The molecule has 0 atom stereocenters. The van der Waals surface area contributed by atoms with E-state index in [9.17, 15) is 14.7 Å². The average Bonchev–Trinajstić information content (AvgIpc) is 2.94. The van der Waals surface area contributed by atoms with Gasteiger partial charge in [-0.2, -0.15) is 10.2 Å². The highest BCUT2D eigenvalue weighted by atomic mass is 16.3. The molecule has 1 amide bonds. The number of fused-ring (bicyclic) bond motifs is 2. The molecule has 134 valence electrons. The van der Waals surface area contributed by atoms with Gasteiger partial charge < -0.3 is 10.0 Å². The lowest BCUT2D eigenvalue weighted by Gasteiger charge is -2.20. The Bertz CT molecular complexity index is 1050. The van der Waals surface area contributed by atoms with E-state index in [2.05, 4.69) is 10.2 Å². The number of rotatable bonds is 2. The molecule has 1 N–H and O–H groups in total. The van der Waals surface area contributed by atoms with Crippen molar-refractivity contribution < 1.29 is 9.90 Å². The third-order valence-electron chi connectivity index (χ3n) is 4.67. The third-order valence-corrected chi connectivity index (χ3v) is 4.67. The fourth-order valence-electron chi connectivity index (χ4n) is 3.38.